The van der Waals surface area contributed by atoms with Gasteiger partial charge < -0.3 is 9.80 Å². The molecule has 0 amide bonds. The summed E-state index contributed by atoms with van der Waals surface area (Å²) in [6.07, 6.45) is 35.9. The summed E-state index contributed by atoms with van der Waals surface area (Å²) in [6, 6.07) is 14.9. The zero-order chi connectivity index (χ0) is 38.3. The van der Waals surface area contributed by atoms with Gasteiger partial charge in [0, 0.05) is 23.8 Å². The third-order valence-electron chi connectivity index (χ3n) is 12.4. The van der Waals surface area contributed by atoms with Crippen molar-refractivity contribution in [2.75, 3.05) is 9.80 Å². The van der Waals surface area contributed by atoms with Gasteiger partial charge in [-0.05, 0) is 97.3 Å². The Hall–Kier alpha value is -2.22. The van der Waals surface area contributed by atoms with Crippen molar-refractivity contribution < 1.29 is 0 Å². The van der Waals surface area contributed by atoms with E-state index in [0.717, 1.165) is 0 Å². The lowest BCUT2D eigenvalue weighted by Crippen LogP contribution is -2.24. The maximum atomic E-state index is 2.60. The van der Waals surface area contributed by atoms with Gasteiger partial charge in [-0.3, -0.25) is 0 Å². The van der Waals surface area contributed by atoms with Crippen LogP contribution in [0.4, 0.5) is 11.4 Å². The molecule has 0 atom stereocenters. The first-order chi connectivity index (χ1) is 26.0. The van der Waals surface area contributed by atoms with Crippen LogP contribution in [0.1, 0.15) is 255 Å². The van der Waals surface area contributed by atoms with E-state index < -0.39 is 0 Å². The number of rotatable bonds is 30. The third-order valence-corrected chi connectivity index (χ3v) is 12.4. The number of para-hydroxylation sites is 2. The van der Waals surface area contributed by atoms with E-state index in [1.165, 1.54) is 165 Å². The molecule has 0 aliphatic carbocycles. The Balaban J connectivity index is 2.23. The van der Waals surface area contributed by atoms with Gasteiger partial charge in [-0.2, -0.15) is 0 Å². The molecule has 0 bridgehead atoms. The summed E-state index contributed by atoms with van der Waals surface area (Å²) in [6.45, 7) is 21.5. The summed E-state index contributed by atoms with van der Waals surface area (Å²) in [5.74, 6) is 2.45. The average Bonchev–Trinajstić information content (AvgIpc) is 3.67. The van der Waals surface area contributed by atoms with Crippen molar-refractivity contribution >= 4 is 11.4 Å². The molecule has 0 saturated heterocycles. The number of hydrogen-bond donors (Lipinski definition) is 0. The predicted octanol–water partition coefficient (Wildman–Crippen LogP) is 17.5. The maximum Gasteiger partial charge on any atom is 0.150 e. The van der Waals surface area contributed by atoms with Crippen LogP contribution in [0.15, 0.2) is 48.8 Å². The van der Waals surface area contributed by atoms with Gasteiger partial charge in [-0.25, -0.2) is 0 Å². The molecule has 299 valence electrons. The second kappa shape index (κ2) is 26.6. The highest BCUT2D eigenvalue weighted by atomic mass is 15.3. The molecule has 0 saturated carbocycles. The van der Waals surface area contributed by atoms with Crippen molar-refractivity contribution in [1.29, 1.82) is 0 Å². The maximum absolute atomic E-state index is 2.60. The Morgan fingerprint density at radius 2 is 0.547 bits per heavy atom. The summed E-state index contributed by atoms with van der Waals surface area (Å²) in [4.78, 5) is 5.20. The summed E-state index contributed by atoms with van der Waals surface area (Å²) < 4.78 is 0. The molecule has 0 spiro atoms. The third kappa shape index (κ3) is 13.8. The molecule has 0 unspecified atom stereocenters. The lowest BCUT2D eigenvalue weighted by molar-refractivity contribution is 0.513. The summed E-state index contributed by atoms with van der Waals surface area (Å²) in [5.41, 5.74) is 9.44. The number of nitrogens with zero attached hydrogens (tertiary/aromatic N) is 2. The van der Waals surface area contributed by atoms with E-state index in [4.69, 9.17) is 0 Å². The number of unbranched alkanes of at least 4 members (excludes halogenated alkanes) is 8. The molecule has 2 aromatic rings. The standard InChI is InChI=1S/C51H85N2/c1-9-17-27-42(28-18-10-2)46-35-25-36-47(43(29-19-11-3)30-20-12-4)50(46)52-39-40-53(41-52)51-48(44(31-21-13-5)32-22-14-6)37-26-38-49(51)45(33-23-15-7)34-24-16-8/h25-26,35-45H,9-24,27-34H2,1-8H3. The minimum absolute atomic E-state index is 0.612. The predicted molar refractivity (Wildman–Crippen MR) is 238 cm³/mol. The molecule has 1 aliphatic rings. The van der Waals surface area contributed by atoms with E-state index in [-0.39, 0.29) is 0 Å². The molecule has 2 heteroatoms. The van der Waals surface area contributed by atoms with Crippen LogP contribution in [0, 0.1) is 6.67 Å². The average molecular weight is 726 g/mol. The van der Waals surface area contributed by atoms with Crippen molar-refractivity contribution in [2.24, 2.45) is 0 Å². The first-order valence-electron chi connectivity index (χ1n) is 23.4. The topological polar surface area (TPSA) is 6.48 Å². The molecule has 0 aromatic heterocycles. The Morgan fingerprint density at radius 1 is 0.340 bits per heavy atom. The second-order valence-corrected chi connectivity index (χ2v) is 16.7. The van der Waals surface area contributed by atoms with Gasteiger partial charge in [0.05, 0.1) is 0 Å². The van der Waals surface area contributed by atoms with Crippen molar-refractivity contribution in [3.8, 4) is 0 Å². The minimum atomic E-state index is 0.612. The van der Waals surface area contributed by atoms with Gasteiger partial charge in [0.25, 0.3) is 0 Å². The Bertz CT molecular complexity index is 1060. The summed E-state index contributed by atoms with van der Waals surface area (Å²) >= 11 is 0. The Labute approximate surface area is 331 Å². The first-order valence-corrected chi connectivity index (χ1v) is 23.4. The fourth-order valence-corrected chi connectivity index (χ4v) is 9.12. The van der Waals surface area contributed by atoms with Gasteiger partial charge in [0.2, 0.25) is 0 Å². The molecule has 0 fully saturated rings. The van der Waals surface area contributed by atoms with Crippen LogP contribution in [0.3, 0.4) is 0 Å². The summed E-state index contributed by atoms with van der Waals surface area (Å²) in [7, 11) is 0. The van der Waals surface area contributed by atoms with E-state index in [1.54, 1.807) is 22.3 Å². The fraction of sp³-hybridized carbons (Fsp3) is 0.706. The Morgan fingerprint density at radius 3 is 0.736 bits per heavy atom. The van der Waals surface area contributed by atoms with E-state index in [2.05, 4.69) is 121 Å². The molecular formula is C51H85N2. The molecule has 1 heterocycles. The highest BCUT2D eigenvalue weighted by molar-refractivity contribution is 5.73. The first kappa shape index (κ1) is 45.2. The molecule has 2 nitrogen and oxygen atoms in total. The highest BCUT2D eigenvalue weighted by Crippen LogP contribution is 2.47. The van der Waals surface area contributed by atoms with E-state index in [1.807, 2.05) is 0 Å². The van der Waals surface area contributed by atoms with Gasteiger partial charge in [0.1, 0.15) is 0 Å². The monoisotopic (exact) mass is 726 g/mol. The van der Waals surface area contributed by atoms with Crippen LogP contribution in [-0.2, 0) is 0 Å². The second-order valence-electron chi connectivity index (χ2n) is 16.7. The smallest absolute Gasteiger partial charge is 0.150 e. The van der Waals surface area contributed by atoms with E-state index in [0.29, 0.717) is 23.7 Å². The zero-order valence-corrected chi connectivity index (χ0v) is 36.4. The van der Waals surface area contributed by atoms with Gasteiger partial charge >= 0.3 is 0 Å². The van der Waals surface area contributed by atoms with Gasteiger partial charge in [0.15, 0.2) is 6.67 Å². The lowest BCUT2D eigenvalue weighted by atomic mass is 9.81. The molecule has 3 rings (SSSR count). The summed E-state index contributed by atoms with van der Waals surface area (Å²) in [5, 5.41) is 0. The van der Waals surface area contributed by atoms with Gasteiger partial charge in [-0.15, -0.1) is 0 Å². The number of hydrogen-bond acceptors (Lipinski definition) is 2. The van der Waals surface area contributed by atoms with Crippen molar-refractivity contribution in [3.05, 3.63) is 77.7 Å². The lowest BCUT2D eigenvalue weighted by Gasteiger charge is -2.34. The van der Waals surface area contributed by atoms with Crippen molar-refractivity contribution in [3.63, 3.8) is 0 Å². The number of anilines is 2. The van der Waals surface area contributed by atoms with Crippen LogP contribution in [0.2, 0.25) is 0 Å². The van der Waals surface area contributed by atoms with E-state index >= 15 is 0 Å². The molecular weight excluding hydrogens is 641 g/mol. The minimum Gasteiger partial charge on any atom is -0.321 e. The van der Waals surface area contributed by atoms with Crippen LogP contribution in [-0.4, -0.2) is 0 Å². The SMILES string of the molecule is CCCCC(CCCC)c1cccc(C(CCCC)CCCC)c1N1[CH]N(c2c(C(CCCC)CCCC)cccc2C(CCCC)CCCC)C=C1. The molecule has 1 radical (unpaired) electrons. The fourth-order valence-electron chi connectivity index (χ4n) is 9.12. The highest BCUT2D eigenvalue weighted by Gasteiger charge is 2.31. The zero-order valence-electron chi connectivity index (χ0n) is 36.4. The van der Waals surface area contributed by atoms with Gasteiger partial charge in [-0.1, -0.05) is 195 Å². The van der Waals surface area contributed by atoms with Crippen LogP contribution < -0.4 is 9.80 Å². The van der Waals surface area contributed by atoms with Crippen LogP contribution in [0.5, 0.6) is 0 Å². The molecule has 53 heavy (non-hydrogen) atoms. The molecule has 2 aromatic carbocycles. The largest absolute Gasteiger partial charge is 0.321 e. The quantitative estimate of drug-likeness (QED) is 0.0791. The van der Waals surface area contributed by atoms with Crippen molar-refractivity contribution in [2.45, 2.75) is 233 Å². The van der Waals surface area contributed by atoms with E-state index in [9.17, 15) is 0 Å². The molecule has 1 aliphatic heterocycles. The molecule has 0 N–H and O–H groups in total. The normalized spacial score (nSPS) is 13.3. The van der Waals surface area contributed by atoms with Crippen LogP contribution in [0.25, 0.3) is 0 Å². The van der Waals surface area contributed by atoms with Crippen LogP contribution >= 0.6 is 0 Å². The Kier molecular flexibility index (Phi) is 22.6. The number of benzene rings is 2. The van der Waals surface area contributed by atoms with Crippen molar-refractivity contribution in [1.82, 2.24) is 0 Å².